The van der Waals surface area contributed by atoms with Crippen LogP contribution in [0.1, 0.15) is 17.3 Å². The number of methoxy groups -OCH3 is 1. The molecule has 0 spiro atoms. The molecule has 0 saturated heterocycles. The number of ether oxygens (including phenoxy) is 2. The first-order valence-electron chi connectivity index (χ1n) is 4.75. The van der Waals surface area contributed by atoms with Crippen LogP contribution in [0.2, 0.25) is 10.0 Å². The molecule has 0 atom stereocenters. The van der Waals surface area contributed by atoms with E-state index in [-0.39, 0.29) is 28.0 Å². The number of Topliss-reactive ketones (excluding diaryl/α,β-unsaturated/α-hetero) is 1. The van der Waals surface area contributed by atoms with Gasteiger partial charge in [0.15, 0.2) is 0 Å². The van der Waals surface area contributed by atoms with Crippen LogP contribution in [-0.4, -0.2) is 25.5 Å². The van der Waals surface area contributed by atoms with Crippen molar-refractivity contribution >= 4 is 35.0 Å². The van der Waals surface area contributed by atoms with E-state index in [0.29, 0.717) is 0 Å². The summed E-state index contributed by atoms with van der Waals surface area (Å²) in [5, 5.41) is 0.407. The summed E-state index contributed by atoms with van der Waals surface area (Å²) in [5.41, 5.74) is 0.0281. The Morgan fingerprint density at radius 2 is 1.82 bits per heavy atom. The Morgan fingerprint density at radius 3 is 2.35 bits per heavy atom. The van der Waals surface area contributed by atoms with E-state index in [1.54, 1.807) is 6.92 Å². The van der Waals surface area contributed by atoms with Crippen LogP contribution in [0.3, 0.4) is 0 Å². The Morgan fingerprint density at radius 1 is 1.24 bits per heavy atom. The van der Waals surface area contributed by atoms with Crippen molar-refractivity contribution in [2.24, 2.45) is 0 Å². The van der Waals surface area contributed by atoms with Gasteiger partial charge in [-0.3, -0.25) is 4.79 Å². The molecule has 92 valence electrons. The van der Waals surface area contributed by atoms with Crippen LogP contribution in [0.5, 0.6) is 5.75 Å². The van der Waals surface area contributed by atoms with Gasteiger partial charge in [-0.25, -0.2) is 4.79 Å². The van der Waals surface area contributed by atoms with Crippen molar-refractivity contribution in [2.45, 2.75) is 6.92 Å². The Kier molecular flexibility index (Phi) is 4.78. The van der Waals surface area contributed by atoms with E-state index in [4.69, 9.17) is 27.9 Å². The van der Waals surface area contributed by atoms with Crippen molar-refractivity contribution in [2.75, 3.05) is 13.7 Å². The number of rotatable bonds is 4. The summed E-state index contributed by atoms with van der Waals surface area (Å²) < 4.78 is 9.57. The standard InChI is InChI=1S/C11H10Cl2O4/c1-3-17-11(15)10(14)6-4-7(12)8(13)5-9(6)16-2/h4-5H,3H2,1-2H3. The minimum absolute atomic E-state index is 0.0281. The SMILES string of the molecule is CCOC(=O)C(=O)c1cc(Cl)c(Cl)cc1OC. The van der Waals surface area contributed by atoms with Gasteiger partial charge in [0.25, 0.3) is 5.78 Å². The Balaban J connectivity index is 3.16. The van der Waals surface area contributed by atoms with Crippen molar-refractivity contribution in [3.05, 3.63) is 27.7 Å². The zero-order valence-corrected chi connectivity index (χ0v) is 10.8. The van der Waals surface area contributed by atoms with E-state index in [9.17, 15) is 9.59 Å². The zero-order valence-electron chi connectivity index (χ0n) is 9.25. The zero-order chi connectivity index (χ0) is 13.0. The molecule has 1 aromatic rings. The average Bonchev–Trinajstić information content (AvgIpc) is 2.31. The molecule has 0 N–H and O–H groups in total. The van der Waals surface area contributed by atoms with Crippen LogP contribution in [-0.2, 0) is 9.53 Å². The number of carbonyl (C=O) groups excluding carboxylic acids is 2. The maximum Gasteiger partial charge on any atom is 0.379 e. The molecule has 0 aliphatic heterocycles. The Bertz CT molecular complexity index is 457. The van der Waals surface area contributed by atoms with Gasteiger partial charge in [-0.1, -0.05) is 23.2 Å². The molecule has 17 heavy (non-hydrogen) atoms. The molecule has 0 heterocycles. The van der Waals surface area contributed by atoms with Crippen LogP contribution in [0, 0.1) is 0 Å². The molecular weight excluding hydrogens is 267 g/mol. The fraction of sp³-hybridized carbons (Fsp3) is 0.273. The molecular formula is C11H10Cl2O4. The minimum Gasteiger partial charge on any atom is -0.496 e. The number of hydrogen-bond acceptors (Lipinski definition) is 4. The maximum atomic E-state index is 11.7. The average molecular weight is 277 g/mol. The maximum absolute atomic E-state index is 11.7. The van der Waals surface area contributed by atoms with Gasteiger partial charge >= 0.3 is 5.97 Å². The van der Waals surface area contributed by atoms with Crippen LogP contribution in [0.4, 0.5) is 0 Å². The molecule has 1 rings (SSSR count). The highest BCUT2D eigenvalue weighted by molar-refractivity contribution is 6.45. The first-order valence-corrected chi connectivity index (χ1v) is 5.51. The summed E-state index contributed by atoms with van der Waals surface area (Å²) in [7, 11) is 1.36. The molecule has 0 amide bonds. The molecule has 0 fully saturated rings. The summed E-state index contributed by atoms with van der Waals surface area (Å²) in [6, 6.07) is 2.65. The monoisotopic (exact) mass is 276 g/mol. The largest absolute Gasteiger partial charge is 0.496 e. The number of ketones is 1. The Hall–Kier alpha value is -1.26. The van der Waals surface area contributed by atoms with E-state index in [1.165, 1.54) is 19.2 Å². The van der Waals surface area contributed by atoms with Gasteiger partial charge < -0.3 is 9.47 Å². The predicted octanol–water partition coefficient (Wildman–Crippen LogP) is 2.75. The number of carbonyl (C=O) groups is 2. The molecule has 6 heteroatoms. The van der Waals surface area contributed by atoms with Crippen LogP contribution < -0.4 is 4.74 Å². The van der Waals surface area contributed by atoms with Gasteiger partial charge in [0.2, 0.25) is 0 Å². The third-order valence-corrected chi connectivity index (χ3v) is 2.67. The molecule has 0 bridgehead atoms. The van der Waals surface area contributed by atoms with Crippen LogP contribution in [0.15, 0.2) is 12.1 Å². The lowest BCUT2D eigenvalue weighted by Gasteiger charge is -2.08. The van der Waals surface area contributed by atoms with Crippen LogP contribution in [0.25, 0.3) is 0 Å². The second kappa shape index (κ2) is 5.89. The van der Waals surface area contributed by atoms with Gasteiger partial charge in [-0.2, -0.15) is 0 Å². The van der Waals surface area contributed by atoms with Gasteiger partial charge in [-0.05, 0) is 13.0 Å². The fourth-order valence-corrected chi connectivity index (χ4v) is 1.50. The molecule has 4 nitrogen and oxygen atoms in total. The lowest BCUT2D eigenvalue weighted by molar-refractivity contribution is -0.137. The normalized spacial score (nSPS) is 9.88. The second-order valence-electron chi connectivity index (χ2n) is 3.02. The lowest BCUT2D eigenvalue weighted by Crippen LogP contribution is -2.18. The van der Waals surface area contributed by atoms with Crippen molar-refractivity contribution in [1.29, 1.82) is 0 Å². The molecule has 0 radical (unpaired) electrons. The van der Waals surface area contributed by atoms with Crippen molar-refractivity contribution in [3.8, 4) is 5.75 Å². The predicted molar refractivity (Wildman–Crippen MR) is 64.0 cm³/mol. The molecule has 0 aromatic heterocycles. The van der Waals surface area contributed by atoms with Crippen molar-refractivity contribution in [3.63, 3.8) is 0 Å². The molecule has 0 saturated carbocycles. The third-order valence-electron chi connectivity index (χ3n) is 1.95. The highest BCUT2D eigenvalue weighted by atomic mass is 35.5. The summed E-state index contributed by atoms with van der Waals surface area (Å²) in [6.07, 6.45) is 0. The van der Waals surface area contributed by atoms with Crippen molar-refractivity contribution < 1.29 is 19.1 Å². The number of halogens is 2. The van der Waals surface area contributed by atoms with Gasteiger partial charge in [0.05, 0.1) is 29.3 Å². The van der Waals surface area contributed by atoms with Gasteiger partial charge in [0, 0.05) is 6.07 Å². The number of esters is 1. The quantitative estimate of drug-likeness (QED) is 0.482. The lowest BCUT2D eigenvalue weighted by atomic mass is 10.1. The topological polar surface area (TPSA) is 52.6 Å². The minimum atomic E-state index is -0.954. The van der Waals surface area contributed by atoms with Gasteiger partial charge in [0.1, 0.15) is 5.75 Å². The third kappa shape index (κ3) is 3.11. The smallest absolute Gasteiger partial charge is 0.379 e. The Labute approximate surface area is 108 Å². The highest BCUT2D eigenvalue weighted by Gasteiger charge is 2.22. The van der Waals surface area contributed by atoms with Gasteiger partial charge in [-0.15, -0.1) is 0 Å². The molecule has 0 aliphatic rings. The summed E-state index contributed by atoms with van der Waals surface area (Å²) in [6.45, 7) is 1.73. The highest BCUT2D eigenvalue weighted by Crippen LogP contribution is 2.30. The van der Waals surface area contributed by atoms with E-state index in [0.717, 1.165) is 0 Å². The van der Waals surface area contributed by atoms with E-state index >= 15 is 0 Å². The first kappa shape index (κ1) is 13.8. The molecule has 0 aliphatic carbocycles. The molecule has 0 unspecified atom stereocenters. The first-order chi connectivity index (χ1) is 8.01. The molecule has 1 aromatic carbocycles. The summed E-state index contributed by atoms with van der Waals surface area (Å²) in [4.78, 5) is 23.0. The number of hydrogen-bond donors (Lipinski definition) is 0. The van der Waals surface area contributed by atoms with E-state index in [2.05, 4.69) is 4.74 Å². The number of benzene rings is 1. The summed E-state index contributed by atoms with van der Waals surface area (Å²) in [5.74, 6) is -1.59. The van der Waals surface area contributed by atoms with E-state index in [1.807, 2.05) is 0 Å². The van der Waals surface area contributed by atoms with E-state index < -0.39 is 11.8 Å². The van der Waals surface area contributed by atoms with Crippen molar-refractivity contribution in [1.82, 2.24) is 0 Å². The summed E-state index contributed by atoms with van der Waals surface area (Å²) >= 11 is 11.5. The van der Waals surface area contributed by atoms with Crippen LogP contribution >= 0.6 is 23.2 Å². The fourth-order valence-electron chi connectivity index (χ4n) is 1.18. The second-order valence-corrected chi connectivity index (χ2v) is 3.83.